The number of rotatable bonds is 5. The van der Waals surface area contributed by atoms with Gasteiger partial charge in [-0.05, 0) is 43.3 Å². The van der Waals surface area contributed by atoms with E-state index in [4.69, 9.17) is 4.74 Å². The maximum atomic E-state index is 12.4. The molecule has 0 aromatic heterocycles. The second-order valence-corrected chi connectivity index (χ2v) is 8.10. The van der Waals surface area contributed by atoms with E-state index in [0.29, 0.717) is 18.0 Å². The van der Waals surface area contributed by atoms with E-state index in [0.717, 1.165) is 0 Å². The van der Waals surface area contributed by atoms with Gasteiger partial charge in [0, 0.05) is 12.1 Å². The van der Waals surface area contributed by atoms with E-state index in [-0.39, 0.29) is 29.3 Å². The third-order valence-corrected chi connectivity index (χ3v) is 5.88. The van der Waals surface area contributed by atoms with E-state index in [1.54, 1.807) is 42.5 Å². The molecule has 0 aliphatic carbocycles. The van der Waals surface area contributed by atoms with Crippen molar-refractivity contribution in [2.24, 2.45) is 0 Å². The van der Waals surface area contributed by atoms with Crippen molar-refractivity contribution in [3.63, 3.8) is 0 Å². The Bertz CT molecular complexity index is 954. The minimum absolute atomic E-state index is 0.0738. The number of carbonyl (C=O) groups is 2. The highest BCUT2D eigenvalue weighted by atomic mass is 32.2. The predicted octanol–water partition coefficient (Wildman–Crippen LogP) is 2.23. The second-order valence-electron chi connectivity index (χ2n) is 6.02. The molecule has 2 amide bonds. The quantitative estimate of drug-likeness (QED) is 0.848. The Morgan fingerprint density at radius 1 is 1.15 bits per heavy atom. The molecule has 1 heterocycles. The summed E-state index contributed by atoms with van der Waals surface area (Å²) < 4.78 is 30.1. The summed E-state index contributed by atoms with van der Waals surface area (Å²) in [5, 5.41) is 2.71. The van der Waals surface area contributed by atoms with Gasteiger partial charge in [-0.3, -0.25) is 9.59 Å². The lowest BCUT2D eigenvalue weighted by molar-refractivity contribution is -0.121. The fourth-order valence-corrected chi connectivity index (χ4v) is 4.31. The molecule has 0 spiro atoms. The largest absolute Gasteiger partial charge is 0.494 e. The third-order valence-electron chi connectivity index (χ3n) is 4.13. The summed E-state index contributed by atoms with van der Waals surface area (Å²) in [6.45, 7) is 2.16. The Morgan fingerprint density at radius 2 is 1.85 bits per heavy atom. The smallest absolute Gasteiger partial charge is 0.244 e. The molecule has 2 aromatic rings. The normalized spacial score (nSPS) is 15.6. The van der Waals surface area contributed by atoms with Crippen LogP contribution in [0.15, 0.2) is 53.4 Å². The molecule has 27 heavy (non-hydrogen) atoms. The van der Waals surface area contributed by atoms with Gasteiger partial charge < -0.3 is 15.0 Å². The zero-order valence-electron chi connectivity index (χ0n) is 14.8. The van der Waals surface area contributed by atoms with Crippen molar-refractivity contribution in [3.05, 3.63) is 48.5 Å². The highest BCUT2D eigenvalue weighted by Crippen LogP contribution is 2.30. The van der Waals surface area contributed by atoms with Gasteiger partial charge in [-0.2, -0.15) is 0 Å². The van der Waals surface area contributed by atoms with Crippen LogP contribution in [0.2, 0.25) is 0 Å². The molecule has 2 aromatic carbocycles. The number of ether oxygens (including phenoxy) is 1. The lowest BCUT2D eigenvalue weighted by atomic mass is 10.2. The van der Waals surface area contributed by atoms with Gasteiger partial charge >= 0.3 is 0 Å². The molecule has 1 aliphatic rings. The molecule has 0 unspecified atom stereocenters. The Morgan fingerprint density at radius 3 is 2.56 bits per heavy atom. The number of nitrogens with zero attached hydrogens (tertiary/aromatic N) is 1. The Labute approximate surface area is 157 Å². The van der Waals surface area contributed by atoms with Gasteiger partial charge in [0.2, 0.25) is 11.8 Å². The molecule has 1 aliphatic heterocycles. The summed E-state index contributed by atoms with van der Waals surface area (Å²) in [6, 6.07) is 13.1. The van der Waals surface area contributed by atoms with Gasteiger partial charge in [-0.15, -0.1) is 0 Å². The number of nitrogens with one attached hydrogen (secondary N) is 1. The van der Waals surface area contributed by atoms with E-state index in [1.165, 1.54) is 11.0 Å². The molecular formula is C19H20N2O5S. The summed E-state index contributed by atoms with van der Waals surface area (Å²) in [5.41, 5.74) is 0.800. The summed E-state index contributed by atoms with van der Waals surface area (Å²) in [5.74, 6) is -0.385. The van der Waals surface area contributed by atoms with Crippen LogP contribution in [-0.2, 0) is 19.4 Å². The molecule has 0 radical (unpaired) electrons. The monoisotopic (exact) mass is 388 g/mol. The van der Waals surface area contributed by atoms with Gasteiger partial charge in [-0.25, -0.2) is 8.42 Å². The Balaban J connectivity index is 1.79. The zero-order valence-corrected chi connectivity index (χ0v) is 15.7. The first-order chi connectivity index (χ1) is 12.9. The standard InChI is InChI=1S/C19H20N2O5S/c1-2-26-15-9-7-14(8-10-15)20-18(22)13-21-16-5-3-4-6-17(16)27(24,25)12-11-19(21)23/h3-10H,2,11-13H2,1H3,(H,20,22). The Kier molecular flexibility index (Phi) is 5.46. The first kappa shape index (κ1) is 18.9. The highest BCUT2D eigenvalue weighted by molar-refractivity contribution is 7.91. The number of hydrogen-bond acceptors (Lipinski definition) is 5. The number of para-hydroxylation sites is 1. The van der Waals surface area contributed by atoms with Crippen molar-refractivity contribution >= 4 is 33.0 Å². The van der Waals surface area contributed by atoms with Gasteiger partial charge in [0.15, 0.2) is 9.84 Å². The molecule has 0 atom stereocenters. The number of benzene rings is 2. The molecular weight excluding hydrogens is 368 g/mol. The minimum Gasteiger partial charge on any atom is -0.494 e. The fraction of sp³-hybridized carbons (Fsp3) is 0.263. The first-order valence-corrected chi connectivity index (χ1v) is 10.2. The van der Waals surface area contributed by atoms with Crippen LogP contribution < -0.4 is 15.0 Å². The van der Waals surface area contributed by atoms with Crippen LogP contribution in [0.5, 0.6) is 5.75 Å². The van der Waals surface area contributed by atoms with Crippen molar-refractivity contribution in [3.8, 4) is 5.75 Å². The predicted molar refractivity (Wildman–Crippen MR) is 102 cm³/mol. The van der Waals surface area contributed by atoms with Crippen molar-refractivity contribution in [1.82, 2.24) is 0 Å². The van der Waals surface area contributed by atoms with E-state index in [9.17, 15) is 18.0 Å². The van der Waals surface area contributed by atoms with E-state index in [1.807, 2.05) is 6.92 Å². The maximum Gasteiger partial charge on any atom is 0.244 e. The number of anilines is 2. The van der Waals surface area contributed by atoms with Crippen molar-refractivity contribution in [2.75, 3.05) is 29.1 Å². The van der Waals surface area contributed by atoms with Crippen LogP contribution in [-0.4, -0.2) is 39.1 Å². The van der Waals surface area contributed by atoms with E-state index >= 15 is 0 Å². The number of fused-ring (bicyclic) bond motifs is 1. The molecule has 1 N–H and O–H groups in total. The number of amides is 2. The van der Waals surface area contributed by atoms with Crippen molar-refractivity contribution in [1.29, 1.82) is 0 Å². The summed E-state index contributed by atoms with van der Waals surface area (Å²) in [7, 11) is -3.56. The lowest BCUT2D eigenvalue weighted by Gasteiger charge is -2.21. The SMILES string of the molecule is CCOc1ccc(NC(=O)CN2C(=O)CCS(=O)(=O)c3ccccc32)cc1. The summed E-state index contributed by atoms with van der Waals surface area (Å²) >= 11 is 0. The van der Waals surface area contributed by atoms with Crippen molar-refractivity contribution in [2.45, 2.75) is 18.2 Å². The second kappa shape index (κ2) is 7.79. The highest BCUT2D eigenvalue weighted by Gasteiger charge is 2.31. The van der Waals surface area contributed by atoms with Gasteiger partial charge in [-0.1, -0.05) is 12.1 Å². The molecule has 0 fully saturated rings. The first-order valence-electron chi connectivity index (χ1n) is 8.55. The van der Waals surface area contributed by atoms with Crippen LogP contribution in [0.4, 0.5) is 11.4 Å². The molecule has 0 saturated carbocycles. The van der Waals surface area contributed by atoms with Gasteiger partial charge in [0.05, 0.1) is 22.9 Å². The molecule has 7 nitrogen and oxygen atoms in total. The van der Waals surface area contributed by atoms with E-state index in [2.05, 4.69) is 5.32 Å². The van der Waals surface area contributed by atoms with Gasteiger partial charge in [0.1, 0.15) is 12.3 Å². The minimum atomic E-state index is -3.56. The molecule has 3 rings (SSSR count). The number of hydrogen-bond donors (Lipinski definition) is 1. The molecule has 0 bridgehead atoms. The summed E-state index contributed by atoms with van der Waals surface area (Å²) in [4.78, 5) is 26.2. The zero-order chi connectivity index (χ0) is 19.4. The molecule has 8 heteroatoms. The maximum absolute atomic E-state index is 12.4. The number of sulfone groups is 1. The lowest BCUT2D eigenvalue weighted by Crippen LogP contribution is -2.37. The number of carbonyl (C=O) groups excluding carboxylic acids is 2. The van der Waals surface area contributed by atoms with Crippen LogP contribution in [0.25, 0.3) is 0 Å². The van der Waals surface area contributed by atoms with Crippen LogP contribution >= 0.6 is 0 Å². The van der Waals surface area contributed by atoms with Gasteiger partial charge in [0.25, 0.3) is 0 Å². The van der Waals surface area contributed by atoms with Crippen LogP contribution in [0.1, 0.15) is 13.3 Å². The van der Waals surface area contributed by atoms with Crippen molar-refractivity contribution < 1.29 is 22.7 Å². The van der Waals surface area contributed by atoms with E-state index < -0.39 is 21.7 Å². The summed E-state index contributed by atoms with van der Waals surface area (Å²) in [6.07, 6.45) is -0.159. The average molecular weight is 388 g/mol. The fourth-order valence-electron chi connectivity index (χ4n) is 2.86. The van der Waals surface area contributed by atoms with Crippen LogP contribution in [0, 0.1) is 0 Å². The third kappa shape index (κ3) is 4.28. The Hall–Kier alpha value is -2.87. The topological polar surface area (TPSA) is 92.8 Å². The molecule has 142 valence electrons. The van der Waals surface area contributed by atoms with Crippen LogP contribution in [0.3, 0.4) is 0 Å². The average Bonchev–Trinajstić information content (AvgIpc) is 2.74. The molecule has 0 saturated heterocycles.